The predicted molar refractivity (Wildman–Crippen MR) is 126 cm³/mol. The molecule has 6 nitrogen and oxygen atoms in total. The van der Waals surface area contributed by atoms with Crippen molar-refractivity contribution in [3.05, 3.63) is 59.0 Å². The van der Waals surface area contributed by atoms with Crippen LogP contribution in [0, 0.1) is 5.41 Å². The number of aryl methyl sites for hydroxylation is 3. The Balaban J connectivity index is 1.40. The summed E-state index contributed by atoms with van der Waals surface area (Å²) < 4.78 is 45.4. The van der Waals surface area contributed by atoms with Crippen molar-refractivity contribution < 1.29 is 17.9 Å². The van der Waals surface area contributed by atoms with Crippen LogP contribution in [-0.2, 0) is 19.5 Å². The molecule has 0 saturated heterocycles. The fourth-order valence-corrected chi connectivity index (χ4v) is 4.79. The van der Waals surface area contributed by atoms with E-state index in [0.717, 1.165) is 29.0 Å². The van der Waals surface area contributed by atoms with Crippen molar-refractivity contribution in [2.24, 2.45) is 0 Å². The van der Waals surface area contributed by atoms with Gasteiger partial charge in [-0.25, -0.2) is 0 Å². The van der Waals surface area contributed by atoms with Crippen LogP contribution in [0.15, 0.2) is 48.7 Å². The maximum atomic E-state index is 12.5. The number of hydrogen-bond acceptors (Lipinski definition) is 5. The number of hydrogen-bond donors (Lipinski definition) is 1. The molecule has 10 heteroatoms. The lowest BCUT2D eigenvalue weighted by Crippen LogP contribution is -2.17. The molecule has 1 N–H and O–H groups in total. The van der Waals surface area contributed by atoms with Gasteiger partial charge in [0.1, 0.15) is 11.4 Å². The zero-order valence-corrected chi connectivity index (χ0v) is 19.6. The van der Waals surface area contributed by atoms with Gasteiger partial charge in [0, 0.05) is 12.1 Å². The molecule has 180 valence electrons. The maximum Gasteiger partial charge on any atom is 0.573 e. The van der Waals surface area contributed by atoms with E-state index in [1.807, 2.05) is 6.20 Å². The zero-order valence-electron chi connectivity index (χ0n) is 18.8. The summed E-state index contributed by atoms with van der Waals surface area (Å²) in [5.74, 6) is -0.290. The zero-order chi connectivity index (χ0) is 24.1. The van der Waals surface area contributed by atoms with Crippen LogP contribution in [0.2, 0.25) is 0 Å². The largest absolute Gasteiger partial charge is 0.573 e. The van der Waals surface area contributed by atoms with Crippen molar-refractivity contribution in [3.8, 4) is 17.0 Å². The standard InChI is InChI=1S/C24H26F3N5OS/c1-2-3-4-5-6-17-7-9-18(10-8-17)20-16-31(30-29-20)13-14-32-21-12-11-19(33-24(25,26)27)15-22(21)34-23(32)28/h7-12,15-16,28H,2-6,13-14H2,1H3. The molecule has 0 bridgehead atoms. The highest BCUT2D eigenvalue weighted by Gasteiger charge is 2.31. The lowest BCUT2D eigenvalue weighted by Gasteiger charge is -2.09. The van der Waals surface area contributed by atoms with Crippen LogP contribution in [0.1, 0.15) is 38.2 Å². The van der Waals surface area contributed by atoms with Crippen molar-refractivity contribution >= 4 is 21.6 Å². The third kappa shape index (κ3) is 6.05. The summed E-state index contributed by atoms with van der Waals surface area (Å²) in [4.78, 5) is 0.244. The molecule has 0 fully saturated rings. The Morgan fingerprint density at radius 1 is 1.03 bits per heavy atom. The molecule has 0 amide bonds. The quantitative estimate of drug-likeness (QED) is 0.271. The molecule has 34 heavy (non-hydrogen) atoms. The average Bonchev–Trinajstić information content (AvgIpc) is 3.38. The number of ether oxygens (including phenoxy) is 1. The van der Waals surface area contributed by atoms with Gasteiger partial charge in [0.25, 0.3) is 0 Å². The van der Waals surface area contributed by atoms with Gasteiger partial charge in [0.05, 0.1) is 23.0 Å². The van der Waals surface area contributed by atoms with Crippen LogP contribution in [-0.4, -0.2) is 25.9 Å². The Morgan fingerprint density at radius 2 is 1.82 bits per heavy atom. The van der Waals surface area contributed by atoms with Crippen molar-refractivity contribution in [1.29, 1.82) is 5.41 Å². The molecular formula is C24H26F3N5OS. The summed E-state index contributed by atoms with van der Waals surface area (Å²) in [6, 6.07) is 12.5. The minimum absolute atomic E-state index is 0.244. The monoisotopic (exact) mass is 489 g/mol. The molecule has 0 saturated carbocycles. The molecule has 2 heterocycles. The number of fused-ring (bicyclic) bond motifs is 1. The second-order valence-electron chi connectivity index (χ2n) is 8.11. The molecule has 2 aromatic heterocycles. The van der Waals surface area contributed by atoms with E-state index in [4.69, 9.17) is 5.41 Å². The summed E-state index contributed by atoms with van der Waals surface area (Å²) in [5, 5.41) is 16.7. The van der Waals surface area contributed by atoms with Gasteiger partial charge in [-0.15, -0.1) is 18.3 Å². The molecule has 0 spiro atoms. The molecular weight excluding hydrogens is 463 g/mol. The number of halogens is 3. The van der Waals surface area contributed by atoms with E-state index in [0.29, 0.717) is 23.3 Å². The molecule has 4 aromatic rings. The topological polar surface area (TPSA) is 68.7 Å². The molecule has 0 radical (unpaired) electrons. The smallest absolute Gasteiger partial charge is 0.406 e. The van der Waals surface area contributed by atoms with Gasteiger partial charge in [-0.3, -0.25) is 10.1 Å². The summed E-state index contributed by atoms with van der Waals surface area (Å²) in [7, 11) is 0. The number of nitrogens with zero attached hydrogens (tertiary/aromatic N) is 4. The third-order valence-corrected chi connectivity index (χ3v) is 6.53. The summed E-state index contributed by atoms with van der Waals surface area (Å²) in [6.45, 7) is 3.13. The minimum atomic E-state index is -4.75. The number of benzene rings is 2. The van der Waals surface area contributed by atoms with Crippen LogP contribution < -0.4 is 9.54 Å². The molecule has 0 aliphatic carbocycles. The van der Waals surface area contributed by atoms with Crippen molar-refractivity contribution in [2.75, 3.05) is 0 Å². The van der Waals surface area contributed by atoms with E-state index >= 15 is 0 Å². The predicted octanol–water partition coefficient (Wildman–Crippen LogP) is 6.16. The Kier molecular flexibility index (Phi) is 7.35. The molecule has 0 aliphatic heterocycles. The number of rotatable bonds is 10. The van der Waals surface area contributed by atoms with Gasteiger partial charge in [-0.05, 0) is 36.6 Å². The highest BCUT2D eigenvalue weighted by molar-refractivity contribution is 7.16. The van der Waals surface area contributed by atoms with Gasteiger partial charge in [-0.2, -0.15) is 0 Å². The van der Waals surface area contributed by atoms with E-state index in [1.54, 1.807) is 15.3 Å². The van der Waals surface area contributed by atoms with E-state index in [2.05, 4.69) is 46.2 Å². The van der Waals surface area contributed by atoms with Crippen molar-refractivity contribution in [3.63, 3.8) is 0 Å². The number of aromatic nitrogens is 4. The average molecular weight is 490 g/mol. The van der Waals surface area contributed by atoms with Gasteiger partial charge in [-0.1, -0.05) is 67.0 Å². The summed E-state index contributed by atoms with van der Waals surface area (Å²) >= 11 is 1.10. The van der Waals surface area contributed by atoms with E-state index in [1.165, 1.54) is 43.4 Å². The number of nitrogens with one attached hydrogen (secondary N) is 1. The summed E-state index contributed by atoms with van der Waals surface area (Å²) in [5.41, 5.74) is 3.77. The molecule has 0 aliphatic rings. The first-order valence-electron chi connectivity index (χ1n) is 11.3. The maximum absolute atomic E-state index is 12.5. The Hall–Kier alpha value is -3.14. The molecule has 0 atom stereocenters. The minimum Gasteiger partial charge on any atom is -0.406 e. The first-order chi connectivity index (χ1) is 16.3. The number of thiazole rings is 1. The van der Waals surface area contributed by atoms with Gasteiger partial charge in [0.2, 0.25) is 0 Å². The van der Waals surface area contributed by atoms with Crippen molar-refractivity contribution in [2.45, 2.75) is 58.5 Å². The highest BCUT2D eigenvalue weighted by Crippen LogP contribution is 2.28. The SMILES string of the molecule is CCCCCCc1ccc(-c2cn(CCn3c(=N)sc4cc(OC(F)(F)F)ccc43)nn2)cc1. The second kappa shape index (κ2) is 10.4. The molecule has 0 unspecified atom stereocenters. The Labute approximate surface area is 199 Å². The number of unbranched alkanes of at least 4 members (excludes halogenated alkanes) is 3. The molecule has 4 rings (SSSR count). The van der Waals surface area contributed by atoms with Crippen LogP contribution >= 0.6 is 11.3 Å². The van der Waals surface area contributed by atoms with Crippen LogP contribution in [0.4, 0.5) is 13.2 Å². The second-order valence-corrected chi connectivity index (χ2v) is 9.14. The Morgan fingerprint density at radius 3 is 2.56 bits per heavy atom. The van der Waals surface area contributed by atoms with E-state index < -0.39 is 6.36 Å². The van der Waals surface area contributed by atoms with Crippen LogP contribution in [0.25, 0.3) is 21.5 Å². The van der Waals surface area contributed by atoms with Crippen LogP contribution in [0.5, 0.6) is 5.75 Å². The normalized spacial score (nSPS) is 11.9. The number of alkyl halides is 3. The first kappa shape index (κ1) is 24.0. The Bertz CT molecular complexity index is 1290. The highest BCUT2D eigenvalue weighted by atomic mass is 32.1. The summed E-state index contributed by atoms with van der Waals surface area (Å²) in [6.07, 6.45) is 3.17. The third-order valence-electron chi connectivity index (χ3n) is 5.57. The first-order valence-corrected chi connectivity index (χ1v) is 12.1. The van der Waals surface area contributed by atoms with Gasteiger partial charge in [0.15, 0.2) is 4.80 Å². The van der Waals surface area contributed by atoms with E-state index in [9.17, 15) is 13.2 Å². The van der Waals surface area contributed by atoms with Crippen LogP contribution in [0.3, 0.4) is 0 Å². The van der Waals surface area contributed by atoms with E-state index in [-0.39, 0.29) is 10.6 Å². The fraction of sp³-hybridized carbons (Fsp3) is 0.375. The lowest BCUT2D eigenvalue weighted by molar-refractivity contribution is -0.274. The fourth-order valence-electron chi connectivity index (χ4n) is 3.83. The van der Waals surface area contributed by atoms with Gasteiger partial charge >= 0.3 is 6.36 Å². The van der Waals surface area contributed by atoms with Gasteiger partial charge < -0.3 is 9.30 Å². The van der Waals surface area contributed by atoms with Crippen molar-refractivity contribution in [1.82, 2.24) is 19.6 Å². The molecule has 2 aromatic carbocycles. The lowest BCUT2D eigenvalue weighted by atomic mass is 10.0.